The van der Waals surface area contributed by atoms with Gasteiger partial charge in [0.05, 0.1) is 29.3 Å². The van der Waals surface area contributed by atoms with Crippen molar-refractivity contribution in [3.63, 3.8) is 0 Å². The fourth-order valence-electron chi connectivity index (χ4n) is 3.46. The number of hydrogen-bond donors (Lipinski definition) is 1. The van der Waals surface area contributed by atoms with Gasteiger partial charge < -0.3 is 9.64 Å². The van der Waals surface area contributed by atoms with Crippen LogP contribution in [0.3, 0.4) is 0 Å². The predicted octanol–water partition coefficient (Wildman–Crippen LogP) is 2.13. The molecule has 8 nitrogen and oxygen atoms in total. The van der Waals surface area contributed by atoms with E-state index in [0.29, 0.717) is 13.1 Å². The summed E-state index contributed by atoms with van der Waals surface area (Å²) in [4.78, 5) is 15.7. The van der Waals surface area contributed by atoms with Gasteiger partial charge in [-0.15, -0.1) is 11.3 Å². The lowest BCUT2D eigenvalue weighted by molar-refractivity contribution is 0.0955. The van der Waals surface area contributed by atoms with Crippen LogP contribution in [0, 0.1) is 0 Å². The lowest BCUT2D eigenvalue weighted by Crippen LogP contribution is -2.35. The monoisotopic (exact) mass is 448 g/mol. The average molecular weight is 449 g/mol. The Hall–Kier alpha value is -2.27. The molecule has 2 aliphatic rings. The highest BCUT2D eigenvalue weighted by Gasteiger charge is 2.27. The van der Waals surface area contributed by atoms with Crippen LogP contribution in [0.2, 0.25) is 0 Å². The molecule has 1 aromatic heterocycles. The molecule has 2 aromatic rings. The van der Waals surface area contributed by atoms with E-state index in [1.54, 1.807) is 29.7 Å². The summed E-state index contributed by atoms with van der Waals surface area (Å²) in [5, 5.41) is 5.17. The third kappa shape index (κ3) is 4.72. The number of hydrogen-bond acceptors (Lipinski definition) is 7. The van der Waals surface area contributed by atoms with Crippen molar-refractivity contribution in [2.45, 2.75) is 17.7 Å². The summed E-state index contributed by atoms with van der Waals surface area (Å²) in [5.74, 6) is -0.449. The number of ether oxygens (including phenoxy) is 1. The molecular formula is C20H24N4O4S2. The average Bonchev–Trinajstić information content (AvgIpc) is 3.47. The molecular weight excluding hydrogens is 424 g/mol. The van der Waals surface area contributed by atoms with Gasteiger partial charge >= 0.3 is 0 Å². The fraction of sp³-hybridized carbons (Fsp3) is 0.400. The fourth-order valence-corrected chi connectivity index (χ4v) is 5.95. The predicted molar refractivity (Wildman–Crippen MR) is 117 cm³/mol. The number of thiophene rings is 1. The lowest BCUT2D eigenvalue weighted by Gasteiger charge is -2.27. The quantitative estimate of drug-likeness (QED) is 0.540. The van der Waals surface area contributed by atoms with E-state index in [1.807, 2.05) is 12.1 Å². The number of benzene rings is 1. The molecule has 1 N–H and O–H groups in total. The maximum atomic E-state index is 12.7. The molecule has 0 bridgehead atoms. The van der Waals surface area contributed by atoms with Crippen LogP contribution in [0.15, 0.2) is 46.4 Å². The Morgan fingerprint density at radius 3 is 2.63 bits per heavy atom. The minimum Gasteiger partial charge on any atom is -0.378 e. The summed E-state index contributed by atoms with van der Waals surface area (Å²) in [7, 11) is -3.56. The molecule has 3 heterocycles. The van der Waals surface area contributed by atoms with Crippen LogP contribution in [0.4, 0.5) is 5.00 Å². The summed E-state index contributed by atoms with van der Waals surface area (Å²) in [6.45, 7) is 4.23. The smallest absolute Gasteiger partial charge is 0.271 e. The van der Waals surface area contributed by atoms with Crippen molar-refractivity contribution in [2.24, 2.45) is 5.10 Å². The Morgan fingerprint density at radius 2 is 1.87 bits per heavy atom. The molecule has 30 heavy (non-hydrogen) atoms. The Labute approximate surface area is 180 Å². The van der Waals surface area contributed by atoms with E-state index < -0.39 is 15.9 Å². The number of anilines is 1. The van der Waals surface area contributed by atoms with Gasteiger partial charge in [0, 0.05) is 36.6 Å². The van der Waals surface area contributed by atoms with Crippen molar-refractivity contribution in [1.29, 1.82) is 0 Å². The van der Waals surface area contributed by atoms with Crippen molar-refractivity contribution >= 4 is 38.5 Å². The van der Waals surface area contributed by atoms with Gasteiger partial charge in [0.25, 0.3) is 5.91 Å². The van der Waals surface area contributed by atoms with Gasteiger partial charge in [-0.2, -0.15) is 9.41 Å². The minimum absolute atomic E-state index is 0.134. The second-order valence-corrected chi connectivity index (χ2v) is 10.1. The van der Waals surface area contributed by atoms with Gasteiger partial charge in [0.2, 0.25) is 10.0 Å². The molecule has 0 aliphatic carbocycles. The maximum Gasteiger partial charge on any atom is 0.271 e. The number of amides is 1. The van der Waals surface area contributed by atoms with Gasteiger partial charge in [-0.3, -0.25) is 4.79 Å². The largest absolute Gasteiger partial charge is 0.378 e. The third-order valence-corrected chi connectivity index (χ3v) is 8.07. The molecule has 0 atom stereocenters. The highest BCUT2D eigenvalue weighted by molar-refractivity contribution is 7.89. The number of sulfonamides is 1. The highest BCUT2D eigenvalue weighted by atomic mass is 32.2. The first-order valence-electron chi connectivity index (χ1n) is 9.90. The summed E-state index contributed by atoms with van der Waals surface area (Å²) < 4.78 is 32.2. The van der Waals surface area contributed by atoms with Crippen LogP contribution in [-0.2, 0) is 14.8 Å². The third-order valence-electron chi connectivity index (χ3n) is 5.09. The van der Waals surface area contributed by atoms with Gasteiger partial charge in [-0.05, 0) is 43.2 Å². The van der Waals surface area contributed by atoms with E-state index >= 15 is 0 Å². The molecule has 0 saturated carbocycles. The zero-order chi connectivity index (χ0) is 21.0. The van der Waals surface area contributed by atoms with E-state index in [9.17, 15) is 13.2 Å². The summed E-state index contributed by atoms with van der Waals surface area (Å²) in [6.07, 6.45) is 3.32. The van der Waals surface area contributed by atoms with Gasteiger partial charge in [0.15, 0.2) is 0 Å². The number of morpholine rings is 1. The Bertz CT molecular complexity index is 1020. The molecule has 10 heteroatoms. The summed E-state index contributed by atoms with van der Waals surface area (Å²) in [5.41, 5.74) is 2.74. The number of carbonyl (C=O) groups is 1. The van der Waals surface area contributed by atoms with Crippen molar-refractivity contribution in [3.05, 3.63) is 46.8 Å². The zero-order valence-electron chi connectivity index (χ0n) is 16.5. The molecule has 0 radical (unpaired) electrons. The standard InChI is InChI=1S/C20H24N4O4S2/c25-20(16-4-3-5-18(14-16)30(26,27)24-8-1-2-9-24)22-21-15-17-6-7-19(29-17)23-10-12-28-13-11-23/h3-7,14-15H,1-2,8-13H2,(H,22,25). The number of rotatable bonds is 6. The maximum absolute atomic E-state index is 12.7. The topological polar surface area (TPSA) is 91.3 Å². The lowest BCUT2D eigenvalue weighted by atomic mass is 10.2. The SMILES string of the molecule is O=C(NN=Cc1ccc(N2CCOCC2)s1)c1cccc(S(=O)(=O)N2CCCC2)c1. The van der Waals surface area contributed by atoms with E-state index in [2.05, 4.69) is 15.4 Å². The van der Waals surface area contributed by atoms with E-state index in [1.165, 1.54) is 16.4 Å². The molecule has 2 saturated heterocycles. The van der Waals surface area contributed by atoms with Crippen LogP contribution in [0.25, 0.3) is 0 Å². The van der Waals surface area contributed by atoms with Crippen LogP contribution in [-0.4, -0.2) is 64.2 Å². The minimum atomic E-state index is -3.56. The highest BCUT2D eigenvalue weighted by Crippen LogP contribution is 2.25. The molecule has 0 unspecified atom stereocenters. The van der Waals surface area contributed by atoms with Crippen molar-refractivity contribution in [2.75, 3.05) is 44.3 Å². The summed E-state index contributed by atoms with van der Waals surface area (Å²) in [6, 6.07) is 10.1. The molecule has 1 aromatic carbocycles. The van der Waals surface area contributed by atoms with Gasteiger partial charge in [-0.25, -0.2) is 13.8 Å². The van der Waals surface area contributed by atoms with Crippen LogP contribution in [0.5, 0.6) is 0 Å². The Balaban J connectivity index is 1.39. The Morgan fingerprint density at radius 1 is 1.10 bits per heavy atom. The number of nitrogens with zero attached hydrogens (tertiary/aromatic N) is 3. The molecule has 4 rings (SSSR count). The van der Waals surface area contributed by atoms with Crippen molar-refractivity contribution in [3.8, 4) is 0 Å². The van der Waals surface area contributed by atoms with E-state index in [4.69, 9.17) is 4.74 Å². The first-order valence-corrected chi connectivity index (χ1v) is 12.2. The first kappa shape index (κ1) is 21.0. The zero-order valence-corrected chi connectivity index (χ0v) is 18.1. The molecule has 1 amide bonds. The number of carbonyl (C=O) groups excluding carboxylic acids is 1. The number of nitrogens with one attached hydrogen (secondary N) is 1. The normalized spacial score (nSPS) is 18.2. The number of hydrazone groups is 1. The van der Waals surface area contributed by atoms with Crippen LogP contribution >= 0.6 is 11.3 Å². The van der Waals surface area contributed by atoms with Crippen molar-refractivity contribution < 1.29 is 17.9 Å². The second-order valence-electron chi connectivity index (χ2n) is 7.11. The van der Waals surface area contributed by atoms with Gasteiger partial charge in [0.1, 0.15) is 0 Å². The van der Waals surface area contributed by atoms with Crippen molar-refractivity contribution in [1.82, 2.24) is 9.73 Å². The second kappa shape index (κ2) is 9.25. The first-order chi connectivity index (χ1) is 14.5. The van der Waals surface area contributed by atoms with Crippen LogP contribution < -0.4 is 10.3 Å². The molecule has 2 aliphatic heterocycles. The van der Waals surface area contributed by atoms with Crippen LogP contribution in [0.1, 0.15) is 28.1 Å². The Kier molecular flexibility index (Phi) is 6.47. The molecule has 160 valence electrons. The molecule has 0 spiro atoms. The van der Waals surface area contributed by atoms with Gasteiger partial charge in [-0.1, -0.05) is 6.07 Å². The molecule has 2 fully saturated rings. The van der Waals surface area contributed by atoms with E-state index in [-0.39, 0.29) is 10.5 Å². The van der Waals surface area contributed by atoms with E-state index in [0.717, 1.165) is 49.0 Å². The summed E-state index contributed by atoms with van der Waals surface area (Å²) >= 11 is 1.59.